The second kappa shape index (κ2) is 13.6. The van der Waals surface area contributed by atoms with E-state index in [1.165, 1.54) is 32.8 Å². The van der Waals surface area contributed by atoms with E-state index in [1.54, 1.807) is 0 Å². The predicted octanol–water partition coefficient (Wildman–Crippen LogP) is 3.04. The van der Waals surface area contributed by atoms with Crippen LogP contribution in [0.15, 0.2) is 0 Å². The van der Waals surface area contributed by atoms with Gasteiger partial charge in [0.25, 0.3) is 10.1 Å². The van der Waals surface area contributed by atoms with Gasteiger partial charge in [0.2, 0.25) is 0 Å². The molecule has 22 heavy (non-hydrogen) atoms. The van der Waals surface area contributed by atoms with E-state index in [0.717, 1.165) is 38.4 Å². The SMILES string of the molecule is COC(=O)CCCCCCCCCCC#CCOS(C)(=O)=O. The summed E-state index contributed by atoms with van der Waals surface area (Å²) in [6, 6.07) is 0. The predicted molar refractivity (Wildman–Crippen MR) is 86.8 cm³/mol. The lowest BCUT2D eigenvalue weighted by Gasteiger charge is -2.01. The zero-order valence-corrected chi connectivity index (χ0v) is 14.5. The monoisotopic (exact) mass is 332 g/mol. The highest BCUT2D eigenvalue weighted by Crippen LogP contribution is 2.10. The summed E-state index contributed by atoms with van der Waals surface area (Å²) in [5.74, 6) is 5.48. The molecule has 0 heterocycles. The van der Waals surface area contributed by atoms with Crippen molar-refractivity contribution in [3.63, 3.8) is 0 Å². The van der Waals surface area contributed by atoms with Crippen LogP contribution >= 0.6 is 0 Å². The van der Waals surface area contributed by atoms with Gasteiger partial charge in [0.15, 0.2) is 0 Å². The molecule has 6 heteroatoms. The number of hydrogen-bond acceptors (Lipinski definition) is 5. The normalized spacial score (nSPS) is 10.8. The van der Waals surface area contributed by atoms with Crippen molar-refractivity contribution in [2.24, 2.45) is 0 Å². The molecule has 0 radical (unpaired) electrons. The average Bonchev–Trinajstić information content (AvgIpc) is 2.46. The van der Waals surface area contributed by atoms with Crippen LogP contribution in [-0.2, 0) is 23.8 Å². The van der Waals surface area contributed by atoms with Gasteiger partial charge in [-0.3, -0.25) is 8.98 Å². The summed E-state index contributed by atoms with van der Waals surface area (Å²) in [5, 5.41) is 0. The quantitative estimate of drug-likeness (QED) is 0.238. The highest BCUT2D eigenvalue weighted by atomic mass is 32.2. The first-order chi connectivity index (χ1) is 10.5. The molecule has 0 aliphatic carbocycles. The summed E-state index contributed by atoms with van der Waals surface area (Å²) in [7, 11) is -1.95. The Hall–Kier alpha value is -1.06. The van der Waals surface area contributed by atoms with E-state index in [0.29, 0.717) is 6.42 Å². The highest BCUT2D eigenvalue weighted by molar-refractivity contribution is 7.85. The molecule has 0 saturated heterocycles. The van der Waals surface area contributed by atoms with Crippen LogP contribution in [0.4, 0.5) is 0 Å². The summed E-state index contributed by atoms with van der Waals surface area (Å²) < 4.78 is 30.4. The Balaban J connectivity index is 3.24. The fourth-order valence-corrected chi connectivity index (χ4v) is 2.19. The summed E-state index contributed by atoms with van der Waals surface area (Å²) >= 11 is 0. The topological polar surface area (TPSA) is 69.7 Å². The van der Waals surface area contributed by atoms with Crippen molar-refractivity contribution in [2.45, 2.75) is 64.2 Å². The van der Waals surface area contributed by atoms with Gasteiger partial charge in [0.1, 0.15) is 6.61 Å². The lowest BCUT2D eigenvalue weighted by Crippen LogP contribution is -2.02. The van der Waals surface area contributed by atoms with E-state index < -0.39 is 10.1 Å². The molecule has 0 aliphatic heterocycles. The number of rotatable bonds is 12. The lowest BCUT2D eigenvalue weighted by molar-refractivity contribution is -0.140. The fraction of sp³-hybridized carbons (Fsp3) is 0.812. The van der Waals surface area contributed by atoms with Gasteiger partial charge < -0.3 is 4.74 Å². The summed E-state index contributed by atoms with van der Waals surface area (Å²) in [5.41, 5.74) is 0. The maximum absolute atomic E-state index is 10.9. The smallest absolute Gasteiger partial charge is 0.305 e. The van der Waals surface area contributed by atoms with Gasteiger partial charge in [0, 0.05) is 12.8 Å². The molecule has 0 rings (SSSR count). The molecule has 0 saturated carbocycles. The van der Waals surface area contributed by atoms with Gasteiger partial charge in [-0.1, -0.05) is 44.4 Å². The zero-order valence-electron chi connectivity index (χ0n) is 13.7. The molecule has 0 unspecified atom stereocenters. The van der Waals surface area contributed by atoms with Crippen molar-refractivity contribution in [3.05, 3.63) is 0 Å². The van der Waals surface area contributed by atoms with E-state index in [-0.39, 0.29) is 12.6 Å². The average molecular weight is 332 g/mol. The van der Waals surface area contributed by atoms with E-state index >= 15 is 0 Å². The van der Waals surface area contributed by atoms with Crippen molar-refractivity contribution in [1.82, 2.24) is 0 Å². The van der Waals surface area contributed by atoms with E-state index in [2.05, 4.69) is 20.8 Å². The van der Waals surface area contributed by atoms with Crippen LogP contribution in [0.5, 0.6) is 0 Å². The molecule has 0 amide bonds. The van der Waals surface area contributed by atoms with Gasteiger partial charge in [0.05, 0.1) is 13.4 Å². The van der Waals surface area contributed by atoms with Crippen molar-refractivity contribution in [2.75, 3.05) is 20.0 Å². The van der Waals surface area contributed by atoms with Crippen molar-refractivity contribution in [3.8, 4) is 11.8 Å². The fourth-order valence-electron chi connectivity index (χ4n) is 1.92. The summed E-state index contributed by atoms with van der Waals surface area (Å²) in [6.07, 6.45) is 11.3. The summed E-state index contributed by atoms with van der Waals surface area (Å²) in [6.45, 7) is -0.0512. The molecule has 0 aliphatic rings. The van der Waals surface area contributed by atoms with Crippen LogP contribution in [-0.4, -0.2) is 34.4 Å². The first-order valence-corrected chi connectivity index (χ1v) is 9.64. The molecule has 0 aromatic rings. The van der Waals surface area contributed by atoms with Gasteiger partial charge in [-0.15, -0.1) is 5.92 Å². The minimum Gasteiger partial charge on any atom is -0.469 e. The largest absolute Gasteiger partial charge is 0.469 e. The van der Waals surface area contributed by atoms with E-state index in [4.69, 9.17) is 0 Å². The maximum Gasteiger partial charge on any atom is 0.305 e. The lowest BCUT2D eigenvalue weighted by atomic mass is 10.1. The second-order valence-corrected chi connectivity index (χ2v) is 6.87. The van der Waals surface area contributed by atoms with E-state index in [9.17, 15) is 13.2 Å². The van der Waals surface area contributed by atoms with Crippen LogP contribution < -0.4 is 0 Å². The Labute approximate surface area is 134 Å². The molecule has 0 N–H and O–H groups in total. The number of methoxy groups -OCH3 is 1. The van der Waals surface area contributed by atoms with E-state index in [1.807, 2.05) is 0 Å². The van der Waals surface area contributed by atoms with Gasteiger partial charge in [-0.2, -0.15) is 8.42 Å². The first-order valence-electron chi connectivity index (χ1n) is 7.82. The van der Waals surface area contributed by atoms with Crippen LogP contribution in [0.1, 0.15) is 64.2 Å². The zero-order chi connectivity index (χ0) is 16.7. The van der Waals surface area contributed by atoms with Crippen LogP contribution in [0.2, 0.25) is 0 Å². The van der Waals surface area contributed by atoms with Gasteiger partial charge in [-0.25, -0.2) is 0 Å². The molecule has 5 nitrogen and oxygen atoms in total. The Morgan fingerprint density at radius 1 is 0.909 bits per heavy atom. The highest BCUT2D eigenvalue weighted by Gasteiger charge is 1.99. The molecule has 0 fully saturated rings. The summed E-state index contributed by atoms with van der Waals surface area (Å²) in [4.78, 5) is 10.9. The molecule has 0 bridgehead atoms. The third-order valence-electron chi connectivity index (χ3n) is 3.13. The Morgan fingerprint density at radius 2 is 1.45 bits per heavy atom. The minimum absolute atomic E-state index is 0.0512. The Kier molecular flexibility index (Phi) is 12.9. The number of ether oxygens (including phenoxy) is 1. The number of unbranched alkanes of at least 4 members (excludes halogenated alkanes) is 8. The number of esters is 1. The van der Waals surface area contributed by atoms with Gasteiger partial charge in [-0.05, 0) is 12.8 Å². The second-order valence-electron chi connectivity index (χ2n) is 5.22. The molecular formula is C16H28O5S. The van der Waals surface area contributed by atoms with Crippen molar-refractivity contribution >= 4 is 16.1 Å². The molecular weight excluding hydrogens is 304 g/mol. The minimum atomic E-state index is -3.37. The first kappa shape index (κ1) is 20.9. The van der Waals surface area contributed by atoms with Crippen LogP contribution in [0.3, 0.4) is 0 Å². The number of carbonyl (C=O) groups excluding carboxylic acids is 1. The number of carbonyl (C=O) groups is 1. The van der Waals surface area contributed by atoms with Crippen molar-refractivity contribution in [1.29, 1.82) is 0 Å². The maximum atomic E-state index is 10.9. The van der Waals surface area contributed by atoms with Crippen LogP contribution in [0, 0.1) is 11.8 Å². The Bertz CT molecular complexity index is 445. The van der Waals surface area contributed by atoms with Crippen molar-refractivity contribution < 1.29 is 22.1 Å². The molecule has 128 valence electrons. The standard InChI is InChI=1S/C16H28O5S/c1-20-16(17)14-12-10-8-6-4-3-5-7-9-11-13-15-21-22(2,18)19/h3-10,12,14-15H2,1-2H3. The number of hydrogen-bond donors (Lipinski definition) is 0. The third-order valence-corrected chi connectivity index (χ3v) is 3.68. The third kappa shape index (κ3) is 17.0. The molecule has 0 aromatic carbocycles. The molecule has 0 aromatic heterocycles. The molecule has 0 atom stereocenters. The Morgan fingerprint density at radius 3 is 2.00 bits per heavy atom. The van der Waals surface area contributed by atoms with Gasteiger partial charge >= 0.3 is 5.97 Å². The molecule has 0 spiro atoms. The van der Waals surface area contributed by atoms with Crippen LogP contribution in [0.25, 0.3) is 0 Å².